The summed E-state index contributed by atoms with van der Waals surface area (Å²) in [5, 5.41) is 0. The molecule has 3 nitrogen and oxygen atoms in total. The normalized spacial score (nSPS) is 13.6. The van der Waals surface area contributed by atoms with Gasteiger partial charge < -0.3 is 9.64 Å². The second-order valence-electron chi connectivity index (χ2n) is 6.44. The van der Waals surface area contributed by atoms with E-state index in [4.69, 9.17) is 4.74 Å². The van der Waals surface area contributed by atoms with Crippen LogP contribution in [0.15, 0.2) is 30.3 Å². The first-order chi connectivity index (χ1) is 9.98. The van der Waals surface area contributed by atoms with Crippen LogP contribution in [0.2, 0.25) is 0 Å². The Morgan fingerprint density at radius 2 is 1.68 bits per heavy atom. The van der Waals surface area contributed by atoms with Crippen LogP contribution in [0.1, 0.15) is 27.7 Å². The van der Waals surface area contributed by atoms with E-state index in [9.17, 15) is 18.0 Å². The number of para-hydroxylation sites is 1. The lowest BCUT2D eigenvalue weighted by Crippen LogP contribution is -2.48. The molecule has 1 aromatic carbocycles. The summed E-state index contributed by atoms with van der Waals surface area (Å²) in [5.74, 6) is -0.220. The predicted octanol–water partition coefficient (Wildman–Crippen LogP) is 3.89. The van der Waals surface area contributed by atoms with Crippen molar-refractivity contribution in [3.63, 3.8) is 0 Å². The highest BCUT2D eigenvalue weighted by molar-refractivity contribution is 5.81. The van der Waals surface area contributed by atoms with Crippen molar-refractivity contribution in [2.75, 3.05) is 13.1 Å². The molecule has 0 aliphatic rings. The molecule has 1 amide bonds. The van der Waals surface area contributed by atoms with E-state index in [1.54, 1.807) is 51.1 Å². The van der Waals surface area contributed by atoms with Gasteiger partial charge in [0, 0.05) is 6.54 Å². The topological polar surface area (TPSA) is 29.5 Å². The minimum absolute atomic E-state index is 0.00777. The van der Waals surface area contributed by atoms with Gasteiger partial charge in [0.25, 0.3) is 5.91 Å². The van der Waals surface area contributed by atoms with Gasteiger partial charge in [0.2, 0.25) is 0 Å². The molecule has 22 heavy (non-hydrogen) atoms. The van der Waals surface area contributed by atoms with Gasteiger partial charge >= 0.3 is 6.18 Å². The summed E-state index contributed by atoms with van der Waals surface area (Å²) in [6.07, 6.45) is -5.42. The Balaban J connectivity index is 2.81. The molecule has 1 rings (SSSR count). The number of amides is 1. The maximum absolute atomic E-state index is 12.7. The third kappa shape index (κ3) is 6.83. The van der Waals surface area contributed by atoms with E-state index in [0.717, 1.165) is 4.90 Å². The van der Waals surface area contributed by atoms with E-state index >= 15 is 0 Å². The molecular formula is C16H22F3NO2. The molecule has 0 aromatic heterocycles. The number of carbonyl (C=O) groups excluding carboxylic acids is 1. The maximum atomic E-state index is 12.7. The highest BCUT2D eigenvalue weighted by Gasteiger charge is 2.36. The van der Waals surface area contributed by atoms with Gasteiger partial charge in [0.15, 0.2) is 6.10 Å². The third-order valence-electron chi connectivity index (χ3n) is 2.75. The van der Waals surface area contributed by atoms with Crippen molar-refractivity contribution in [2.45, 2.75) is 40.0 Å². The van der Waals surface area contributed by atoms with E-state index in [1.807, 2.05) is 0 Å². The molecule has 0 fully saturated rings. The fraction of sp³-hybridized carbons (Fsp3) is 0.562. The zero-order valence-corrected chi connectivity index (χ0v) is 13.3. The van der Waals surface area contributed by atoms with E-state index in [1.165, 1.54) is 6.92 Å². The Morgan fingerprint density at radius 1 is 1.14 bits per heavy atom. The van der Waals surface area contributed by atoms with Crippen molar-refractivity contribution in [1.29, 1.82) is 0 Å². The van der Waals surface area contributed by atoms with Gasteiger partial charge in [-0.25, -0.2) is 0 Å². The number of hydrogen-bond donors (Lipinski definition) is 0. The van der Waals surface area contributed by atoms with Crippen LogP contribution >= 0.6 is 0 Å². The minimum atomic E-state index is -4.44. The zero-order chi connectivity index (χ0) is 17.0. The van der Waals surface area contributed by atoms with E-state index < -0.39 is 30.1 Å². The van der Waals surface area contributed by atoms with Crippen LogP contribution in [0.4, 0.5) is 13.2 Å². The van der Waals surface area contributed by atoms with Gasteiger partial charge in [-0.1, -0.05) is 39.0 Å². The van der Waals surface area contributed by atoms with Gasteiger partial charge in [-0.05, 0) is 24.5 Å². The molecule has 0 heterocycles. The number of carbonyl (C=O) groups is 1. The van der Waals surface area contributed by atoms with Crippen LogP contribution in [0.5, 0.6) is 5.75 Å². The Kier molecular flexibility index (Phi) is 5.85. The van der Waals surface area contributed by atoms with Crippen molar-refractivity contribution in [3.05, 3.63) is 30.3 Å². The van der Waals surface area contributed by atoms with Crippen molar-refractivity contribution in [1.82, 2.24) is 4.90 Å². The first-order valence-electron chi connectivity index (χ1n) is 7.05. The minimum Gasteiger partial charge on any atom is -0.481 e. The summed E-state index contributed by atoms with van der Waals surface area (Å²) >= 11 is 0. The van der Waals surface area contributed by atoms with Crippen molar-refractivity contribution >= 4 is 5.91 Å². The number of nitrogens with zero attached hydrogens (tertiary/aromatic N) is 1. The van der Waals surface area contributed by atoms with Crippen LogP contribution in [0, 0.1) is 5.41 Å². The van der Waals surface area contributed by atoms with E-state index in [-0.39, 0.29) is 6.54 Å². The zero-order valence-electron chi connectivity index (χ0n) is 13.3. The number of halogens is 3. The summed E-state index contributed by atoms with van der Waals surface area (Å²) < 4.78 is 43.5. The largest absolute Gasteiger partial charge is 0.481 e. The standard InChI is InChI=1S/C16H22F3NO2/c1-12(22-13-8-6-5-7-9-13)14(21)20(10-15(2,3)4)11-16(17,18)19/h5-9,12H,10-11H2,1-4H3. The summed E-state index contributed by atoms with van der Waals surface area (Å²) in [6, 6.07) is 8.56. The maximum Gasteiger partial charge on any atom is 0.406 e. The van der Waals surface area contributed by atoms with E-state index in [0.29, 0.717) is 5.75 Å². The highest BCUT2D eigenvalue weighted by Crippen LogP contribution is 2.23. The molecule has 0 aliphatic heterocycles. The third-order valence-corrected chi connectivity index (χ3v) is 2.75. The molecular weight excluding hydrogens is 295 g/mol. The van der Waals surface area contributed by atoms with Gasteiger partial charge in [-0.3, -0.25) is 4.79 Å². The average Bonchev–Trinajstić information content (AvgIpc) is 2.35. The number of hydrogen-bond acceptors (Lipinski definition) is 2. The smallest absolute Gasteiger partial charge is 0.406 e. The first kappa shape index (κ1) is 18.3. The first-order valence-corrected chi connectivity index (χ1v) is 7.05. The predicted molar refractivity (Wildman–Crippen MR) is 78.6 cm³/mol. The summed E-state index contributed by atoms with van der Waals surface area (Å²) in [6.45, 7) is 5.55. The molecule has 1 atom stereocenters. The van der Waals surface area contributed by atoms with Gasteiger partial charge in [-0.15, -0.1) is 0 Å². The summed E-state index contributed by atoms with van der Waals surface area (Å²) in [7, 11) is 0. The number of rotatable bonds is 5. The molecule has 0 N–H and O–H groups in total. The Morgan fingerprint density at radius 3 is 2.14 bits per heavy atom. The summed E-state index contributed by atoms with van der Waals surface area (Å²) in [5.41, 5.74) is -0.437. The molecule has 0 aliphatic carbocycles. The van der Waals surface area contributed by atoms with Crippen LogP contribution in [0.3, 0.4) is 0 Å². The Bertz CT molecular complexity index is 464. The average molecular weight is 317 g/mol. The SMILES string of the molecule is CC(Oc1ccccc1)C(=O)N(CC(C)(C)C)CC(F)(F)F. The van der Waals surface area contributed by atoms with Crippen LogP contribution < -0.4 is 4.74 Å². The van der Waals surface area contributed by atoms with Crippen molar-refractivity contribution < 1.29 is 22.7 Å². The molecule has 1 unspecified atom stereocenters. The van der Waals surface area contributed by atoms with Gasteiger partial charge in [0.1, 0.15) is 12.3 Å². The molecule has 0 saturated carbocycles. The fourth-order valence-electron chi connectivity index (χ4n) is 2.01. The fourth-order valence-corrected chi connectivity index (χ4v) is 2.01. The second kappa shape index (κ2) is 7.03. The highest BCUT2D eigenvalue weighted by atomic mass is 19.4. The van der Waals surface area contributed by atoms with Crippen LogP contribution in [-0.4, -0.2) is 36.2 Å². The summed E-state index contributed by atoms with van der Waals surface area (Å²) in [4.78, 5) is 13.1. The second-order valence-corrected chi connectivity index (χ2v) is 6.44. The quantitative estimate of drug-likeness (QED) is 0.824. The molecule has 0 radical (unpaired) electrons. The molecule has 0 saturated heterocycles. The molecule has 0 spiro atoms. The van der Waals surface area contributed by atoms with Crippen LogP contribution in [0.25, 0.3) is 0 Å². The number of benzene rings is 1. The molecule has 124 valence electrons. The van der Waals surface area contributed by atoms with Crippen molar-refractivity contribution in [2.24, 2.45) is 5.41 Å². The van der Waals surface area contributed by atoms with Gasteiger partial charge in [0.05, 0.1) is 0 Å². The van der Waals surface area contributed by atoms with E-state index in [2.05, 4.69) is 0 Å². The van der Waals surface area contributed by atoms with Gasteiger partial charge in [-0.2, -0.15) is 13.2 Å². The molecule has 0 bridgehead atoms. The van der Waals surface area contributed by atoms with Crippen molar-refractivity contribution in [3.8, 4) is 5.75 Å². The lowest BCUT2D eigenvalue weighted by Gasteiger charge is -2.32. The number of ether oxygens (including phenoxy) is 1. The lowest BCUT2D eigenvalue weighted by atomic mass is 9.96. The monoisotopic (exact) mass is 317 g/mol. The lowest BCUT2D eigenvalue weighted by molar-refractivity contribution is -0.167. The molecule has 6 heteroatoms. The molecule has 1 aromatic rings. The Labute approximate surface area is 129 Å². The number of alkyl halides is 3. The Hall–Kier alpha value is -1.72. The van der Waals surface area contributed by atoms with Crippen LogP contribution in [-0.2, 0) is 4.79 Å².